The summed E-state index contributed by atoms with van der Waals surface area (Å²) < 4.78 is 12.9. The van der Waals surface area contributed by atoms with Crippen molar-refractivity contribution < 1.29 is 4.39 Å². The lowest BCUT2D eigenvalue weighted by Crippen LogP contribution is -1.97. The molecule has 2 rings (SSSR count). The van der Waals surface area contributed by atoms with Crippen LogP contribution in [-0.2, 0) is 6.54 Å². The van der Waals surface area contributed by atoms with Crippen LogP contribution >= 0.6 is 0 Å². The fourth-order valence-corrected chi connectivity index (χ4v) is 1.56. The summed E-state index contributed by atoms with van der Waals surface area (Å²) in [5.41, 5.74) is 8.48. The molecule has 0 saturated heterocycles. The van der Waals surface area contributed by atoms with E-state index in [0.717, 1.165) is 22.2 Å². The van der Waals surface area contributed by atoms with Gasteiger partial charge in [-0.05, 0) is 30.7 Å². The minimum absolute atomic E-state index is 0.210. The summed E-state index contributed by atoms with van der Waals surface area (Å²) in [6, 6.07) is 4.70. The second-order valence-electron chi connectivity index (χ2n) is 3.12. The maximum Gasteiger partial charge on any atom is 0.123 e. The van der Waals surface area contributed by atoms with Gasteiger partial charge in [-0.2, -0.15) is 0 Å². The number of nitrogens with one attached hydrogen (secondary N) is 1. The first-order valence-electron chi connectivity index (χ1n) is 4.19. The van der Waals surface area contributed by atoms with E-state index < -0.39 is 0 Å². The molecule has 1 heterocycles. The lowest BCUT2D eigenvalue weighted by atomic mass is 10.1. The normalized spacial score (nSPS) is 11.0. The third-order valence-corrected chi connectivity index (χ3v) is 2.33. The second kappa shape index (κ2) is 2.85. The number of H-pyrrole nitrogens is 1. The second-order valence-corrected chi connectivity index (χ2v) is 3.12. The predicted octanol–water partition coefficient (Wildman–Crippen LogP) is 2.07. The van der Waals surface area contributed by atoms with E-state index in [1.165, 1.54) is 12.1 Å². The quantitative estimate of drug-likeness (QED) is 0.689. The van der Waals surface area contributed by atoms with Gasteiger partial charge in [0, 0.05) is 23.1 Å². The molecule has 0 aliphatic heterocycles. The Morgan fingerprint density at radius 2 is 2.23 bits per heavy atom. The summed E-state index contributed by atoms with van der Waals surface area (Å²) in [4.78, 5) is 3.15. The Hall–Kier alpha value is -1.35. The Morgan fingerprint density at radius 1 is 1.46 bits per heavy atom. The van der Waals surface area contributed by atoms with Crippen LogP contribution in [0.3, 0.4) is 0 Å². The van der Waals surface area contributed by atoms with Crippen LogP contribution < -0.4 is 5.73 Å². The Morgan fingerprint density at radius 3 is 2.92 bits per heavy atom. The van der Waals surface area contributed by atoms with Crippen molar-refractivity contribution in [1.29, 1.82) is 0 Å². The lowest BCUT2D eigenvalue weighted by molar-refractivity contribution is 0.629. The minimum atomic E-state index is -0.210. The molecule has 0 unspecified atom stereocenters. The number of aromatic amines is 1. The zero-order chi connectivity index (χ0) is 9.42. The number of hydrogen-bond donors (Lipinski definition) is 2. The van der Waals surface area contributed by atoms with Crippen molar-refractivity contribution in [2.45, 2.75) is 13.5 Å². The Kier molecular flexibility index (Phi) is 1.81. The molecule has 0 saturated carbocycles. The van der Waals surface area contributed by atoms with Crippen LogP contribution in [-0.4, -0.2) is 4.98 Å². The van der Waals surface area contributed by atoms with Gasteiger partial charge in [0.25, 0.3) is 0 Å². The standard InChI is InChI=1S/C10H11FN2/c1-6-8-4-7(11)2-3-9(8)13-10(6)5-12/h2-4,13H,5,12H2,1H3. The van der Waals surface area contributed by atoms with Crippen LogP contribution in [0.15, 0.2) is 18.2 Å². The molecule has 1 aromatic carbocycles. The molecule has 1 aromatic heterocycles. The van der Waals surface area contributed by atoms with E-state index in [1.807, 2.05) is 6.92 Å². The molecule has 68 valence electrons. The number of nitrogens with two attached hydrogens (primary N) is 1. The number of benzene rings is 1. The largest absolute Gasteiger partial charge is 0.357 e. The predicted molar refractivity (Wildman–Crippen MR) is 50.9 cm³/mol. The first kappa shape index (κ1) is 8.26. The summed E-state index contributed by atoms with van der Waals surface area (Å²) in [7, 11) is 0. The Bertz CT molecular complexity index is 445. The van der Waals surface area contributed by atoms with Crippen molar-refractivity contribution in [2.75, 3.05) is 0 Å². The maximum atomic E-state index is 12.9. The Balaban J connectivity index is 2.77. The van der Waals surface area contributed by atoms with Crippen molar-refractivity contribution in [3.8, 4) is 0 Å². The van der Waals surface area contributed by atoms with Crippen LogP contribution in [0.25, 0.3) is 10.9 Å². The molecule has 0 bridgehead atoms. The van der Waals surface area contributed by atoms with E-state index in [9.17, 15) is 4.39 Å². The highest BCUT2D eigenvalue weighted by atomic mass is 19.1. The van der Waals surface area contributed by atoms with Gasteiger partial charge in [-0.15, -0.1) is 0 Å². The van der Waals surface area contributed by atoms with Gasteiger partial charge in [0.1, 0.15) is 5.82 Å². The van der Waals surface area contributed by atoms with E-state index in [4.69, 9.17) is 5.73 Å². The molecule has 13 heavy (non-hydrogen) atoms. The fourth-order valence-electron chi connectivity index (χ4n) is 1.56. The van der Waals surface area contributed by atoms with Crippen LogP contribution in [0.1, 0.15) is 11.3 Å². The zero-order valence-corrected chi connectivity index (χ0v) is 7.39. The summed E-state index contributed by atoms with van der Waals surface area (Å²) >= 11 is 0. The lowest BCUT2D eigenvalue weighted by Gasteiger charge is -1.92. The summed E-state index contributed by atoms with van der Waals surface area (Å²) in [6.45, 7) is 2.41. The van der Waals surface area contributed by atoms with Gasteiger partial charge in [-0.3, -0.25) is 0 Å². The van der Waals surface area contributed by atoms with E-state index in [-0.39, 0.29) is 5.82 Å². The number of hydrogen-bond acceptors (Lipinski definition) is 1. The number of fused-ring (bicyclic) bond motifs is 1. The number of aromatic nitrogens is 1. The van der Waals surface area contributed by atoms with Gasteiger partial charge in [0.2, 0.25) is 0 Å². The molecular weight excluding hydrogens is 167 g/mol. The fraction of sp³-hybridized carbons (Fsp3) is 0.200. The van der Waals surface area contributed by atoms with Gasteiger partial charge in [0.15, 0.2) is 0 Å². The topological polar surface area (TPSA) is 41.8 Å². The third kappa shape index (κ3) is 1.21. The molecule has 0 aliphatic carbocycles. The van der Waals surface area contributed by atoms with Gasteiger partial charge >= 0.3 is 0 Å². The number of rotatable bonds is 1. The van der Waals surface area contributed by atoms with Crippen molar-refractivity contribution >= 4 is 10.9 Å². The van der Waals surface area contributed by atoms with Crippen LogP contribution in [0.4, 0.5) is 4.39 Å². The average molecular weight is 178 g/mol. The number of aryl methyl sites for hydroxylation is 1. The van der Waals surface area contributed by atoms with Gasteiger partial charge in [-0.1, -0.05) is 0 Å². The van der Waals surface area contributed by atoms with Crippen LogP contribution in [0.2, 0.25) is 0 Å². The molecule has 2 aromatic rings. The molecule has 3 heteroatoms. The van der Waals surface area contributed by atoms with Crippen LogP contribution in [0.5, 0.6) is 0 Å². The summed E-state index contributed by atoms with van der Waals surface area (Å²) in [5, 5.41) is 0.917. The highest BCUT2D eigenvalue weighted by molar-refractivity contribution is 5.84. The summed E-state index contributed by atoms with van der Waals surface area (Å²) in [5.74, 6) is -0.210. The van der Waals surface area contributed by atoms with Gasteiger partial charge in [0.05, 0.1) is 0 Å². The molecule has 3 N–H and O–H groups in total. The summed E-state index contributed by atoms with van der Waals surface area (Å²) in [6.07, 6.45) is 0. The van der Waals surface area contributed by atoms with E-state index >= 15 is 0 Å². The minimum Gasteiger partial charge on any atom is -0.357 e. The molecular formula is C10H11FN2. The molecule has 0 radical (unpaired) electrons. The SMILES string of the molecule is Cc1c(CN)[nH]c2ccc(F)cc12. The van der Waals surface area contributed by atoms with Crippen molar-refractivity contribution in [2.24, 2.45) is 5.73 Å². The zero-order valence-electron chi connectivity index (χ0n) is 7.39. The average Bonchev–Trinajstić information content (AvgIpc) is 2.44. The molecule has 0 spiro atoms. The molecule has 0 fully saturated rings. The smallest absolute Gasteiger partial charge is 0.123 e. The van der Waals surface area contributed by atoms with Crippen molar-refractivity contribution in [3.63, 3.8) is 0 Å². The third-order valence-electron chi connectivity index (χ3n) is 2.33. The highest BCUT2D eigenvalue weighted by Gasteiger charge is 2.06. The highest BCUT2D eigenvalue weighted by Crippen LogP contribution is 2.21. The van der Waals surface area contributed by atoms with Crippen molar-refractivity contribution in [1.82, 2.24) is 4.98 Å². The van der Waals surface area contributed by atoms with Crippen molar-refractivity contribution in [3.05, 3.63) is 35.3 Å². The first-order chi connectivity index (χ1) is 6.22. The number of halogens is 1. The maximum absolute atomic E-state index is 12.9. The monoisotopic (exact) mass is 178 g/mol. The van der Waals surface area contributed by atoms with E-state index in [1.54, 1.807) is 6.07 Å². The molecule has 0 amide bonds. The van der Waals surface area contributed by atoms with E-state index in [2.05, 4.69) is 4.98 Å². The van der Waals surface area contributed by atoms with Crippen LogP contribution in [0, 0.1) is 12.7 Å². The van der Waals surface area contributed by atoms with Gasteiger partial charge in [-0.25, -0.2) is 4.39 Å². The molecule has 0 aliphatic rings. The van der Waals surface area contributed by atoms with E-state index in [0.29, 0.717) is 6.54 Å². The molecule has 0 atom stereocenters. The Labute approximate surface area is 75.6 Å². The molecule has 2 nitrogen and oxygen atoms in total. The first-order valence-corrected chi connectivity index (χ1v) is 4.19. The van der Waals surface area contributed by atoms with Gasteiger partial charge < -0.3 is 10.7 Å².